The van der Waals surface area contributed by atoms with Gasteiger partial charge < -0.3 is 9.46 Å². The quantitative estimate of drug-likeness (QED) is 0.514. The van der Waals surface area contributed by atoms with Crippen molar-refractivity contribution < 1.29 is 9.66 Å². The van der Waals surface area contributed by atoms with Gasteiger partial charge in [0.15, 0.2) is 0 Å². The highest BCUT2D eigenvalue weighted by Gasteiger charge is 2.04. The van der Waals surface area contributed by atoms with E-state index >= 15 is 0 Å². The maximum Gasteiger partial charge on any atom is 0.269 e. The summed E-state index contributed by atoms with van der Waals surface area (Å²) in [5.74, 6) is 0.522. The largest absolute Gasteiger partial charge is 0.481 e. The summed E-state index contributed by atoms with van der Waals surface area (Å²) in [4.78, 5) is 15.0. The first-order chi connectivity index (χ1) is 9.19. The zero-order chi connectivity index (χ0) is 13.7. The molecule has 1 aromatic carbocycles. The fourth-order valence-electron chi connectivity index (χ4n) is 1.34. The molecule has 2 aromatic rings. The number of nitrogens with one attached hydrogen (secondary N) is 1. The van der Waals surface area contributed by atoms with Gasteiger partial charge in [0.05, 0.1) is 17.7 Å². The summed E-state index contributed by atoms with van der Waals surface area (Å²) in [7, 11) is 1.55. The van der Waals surface area contributed by atoms with E-state index in [1.54, 1.807) is 37.6 Å². The van der Waals surface area contributed by atoms with Crippen molar-refractivity contribution in [2.24, 2.45) is 0 Å². The minimum absolute atomic E-state index is 0.0786. The number of benzene rings is 1. The lowest BCUT2D eigenvalue weighted by molar-refractivity contribution is -0.384. The van der Waals surface area contributed by atoms with Gasteiger partial charge in [-0.2, -0.15) is 0 Å². The molecule has 0 bridgehead atoms. The zero-order valence-electron chi connectivity index (χ0n) is 10.1. The lowest BCUT2D eigenvalue weighted by atomic mass is 10.3. The summed E-state index contributed by atoms with van der Waals surface area (Å²) < 4.78 is 8.12. The molecular weight excluding hydrogens is 266 g/mol. The van der Waals surface area contributed by atoms with Crippen LogP contribution in [0.15, 0.2) is 47.5 Å². The number of hydrogen-bond acceptors (Lipinski definition) is 6. The number of nitrogens with zero attached hydrogens (tertiary/aromatic N) is 2. The molecule has 2 rings (SSSR count). The van der Waals surface area contributed by atoms with Gasteiger partial charge in [0.2, 0.25) is 5.88 Å². The van der Waals surface area contributed by atoms with Gasteiger partial charge in [-0.05, 0) is 30.1 Å². The molecule has 19 heavy (non-hydrogen) atoms. The topological polar surface area (TPSA) is 77.3 Å². The standard InChI is InChI=1S/C12H11N3O3S/c1-18-12-8-9(6-7-13-12)14-19-11-4-2-10(3-5-11)15(16)17/h2-8H,1H3,(H,13,14). The number of rotatable bonds is 5. The van der Waals surface area contributed by atoms with E-state index < -0.39 is 4.92 Å². The molecule has 0 saturated heterocycles. The van der Waals surface area contributed by atoms with Crippen molar-refractivity contribution >= 4 is 23.3 Å². The SMILES string of the molecule is COc1cc(NSc2ccc([N+](=O)[O-])cc2)ccn1. The van der Waals surface area contributed by atoms with Crippen molar-refractivity contribution in [2.75, 3.05) is 11.8 Å². The first-order valence-corrected chi connectivity index (χ1v) is 6.18. The van der Waals surface area contributed by atoms with Crippen molar-refractivity contribution in [3.05, 3.63) is 52.7 Å². The van der Waals surface area contributed by atoms with E-state index in [1.807, 2.05) is 0 Å². The van der Waals surface area contributed by atoms with Crippen LogP contribution in [0.3, 0.4) is 0 Å². The van der Waals surface area contributed by atoms with Gasteiger partial charge in [-0.1, -0.05) is 0 Å². The van der Waals surface area contributed by atoms with Crippen LogP contribution < -0.4 is 9.46 Å². The molecule has 0 aliphatic carbocycles. The third-order valence-electron chi connectivity index (χ3n) is 2.28. The predicted molar refractivity (Wildman–Crippen MR) is 73.4 cm³/mol. The fraction of sp³-hybridized carbons (Fsp3) is 0.0833. The second kappa shape index (κ2) is 6.05. The van der Waals surface area contributed by atoms with Gasteiger partial charge in [-0.3, -0.25) is 10.1 Å². The minimum Gasteiger partial charge on any atom is -0.481 e. The van der Waals surface area contributed by atoms with Gasteiger partial charge in [0.1, 0.15) is 0 Å². The Balaban J connectivity index is 1.99. The number of ether oxygens (including phenoxy) is 1. The van der Waals surface area contributed by atoms with Crippen LogP contribution >= 0.6 is 11.9 Å². The van der Waals surface area contributed by atoms with E-state index in [2.05, 4.69) is 9.71 Å². The molecule has 7 heteroatoms. The molecule has 0 fully saturated rings. The maximum atomic E-state index is 10.5. The van der Waals surface area contributed by atoms with Crippen molar-refractivity contribution in [1.82, 2.24) is 4.98 Å². The van der Waals surface area contributed by atoms with Crippen LogP contribution in [0.1, 0.15) is 0 Å². The number of pyridine rings is 1. The van der Waals surface area contributed by atoms with E-state index in [-0.39, 0.29) is 5.69 Å². The number of aromatic nitrogens is 1. The molecule has 6 nitrogen and oxygen atoms in total. The van der Waals surface area contributed by atoms with E-state index in [9.17, 15) is 10.1 Å². The van der Waals surface area contributed by atoms with Gasteiger partial charge >= 0.3 is 0 Å². The van der Waals surface area contributed by atoms with Crippen LogP contribution in [-0.4, -0.2) is 17.0 Å². The Bertz CT molecular complexity index is 575. The first-order valence-electron chi connectivity index (χ1n) is 5.36. The zero-order valence-corrected chi connectivity index (χ0v) is 10.9. The Morgan fingerprint density at radius 2 is 2.05 bits per heavy atom. The molecule has 0 amide bonds. The number of anilines is 1. The molecule has 0 saturated carbocycles. The summed E-state index contributed by atoms with van der Waals surface area (Å²) in [6.07, 6.45) is 1.64. The number of hydrogen-bond donors (Lipinski definition) is 1. The highest BCUT2D eigenvalue weighted by atomic mass is 32.2. The summed E-state index contributed by atoms with van der Waals surface area (Å²) in [5.41, 5.74) is 0.921. The summed E-state index contributed by atoms with van der Waals surface area (Å²) >= 11 is 1.36. The molecule has 1 heterocycles. The molecule has 0 spiro atoms. The molecule has 0 unspecified atom stereocenters. The van der Waals surface area contributed by atoms with Crippen LogP contribution in [0.5, 0.6) is 5.88 Å². The molecule has 0 aliphatic rings. The Morgan fingerprint density at radius 3 is 2.68 bits per heavy atom. The van der Waals surface area contributed by atoms with Crippen molar-refractivity contribution in [1.29, 1.82) is 0 Å². The Morgan fingerprint density at radius 1 is 1.32 bits per heavy atom. The predicted octanol–water partition coefficient (Wildman–Crippen LogP) is 3.12. The maximum absolute atomic E-state index is 10.5. The van der Waals surface area contributed by atoms with Gasteiger partial charge in [-0.15, -0.1) is 0 Å². The normalized spacial score (nSPS) is 9.95. The van der Waals surface area contributed by atoms with Crippen LogP contribution in [-0.2, 0) is 0 Å². The number of methoxy groups -OCH3 is 1. The van der Waals surface area contributed by atoms with Gasteiger partial charge in [0.25, 0.3) is 5.69 Å². The first kappa shape index (κ1) is 13.2. The summed E-state index contributed by atoms with van der Waals surface area (Å²) in [6.45, 7) is 0. The Labute approximate surface area is 114 Å². The van der Waals surface area contributed by atoms with E-state index in [0.717, 1.165) is 10.6 Å². The minimum atomic E-state index is -0.421. The van der Waals surface area contributed by atoms with Crippen molar-refractivity contribution in [3.8, 4) is 5.88 Å². The summed E-state index contributed by atoms with van der Waals surface area (Å²) in [5, 5.41) is 10.5. The van der Waals surface area contributed by atoms with Crippen LogP contribution in [0.4, 0.5) is 11.4 Å². The van der Waals surface area contributed by atoms with E-state index in [4.69, 9.17) is 4.74 Å². The van der Waals surface area contributed by atoms with Crippen LogP contribution in [0.2, 0.25) is 0 Å². The molecule has 98 valence electrons. The molecule has 0 aliphatic heterocycles. The fourth-order valence-corrected chi connectivity index (χ4v) is 1.97. The highest BCUT2D eigenvalue weighted by molar-refractivity contribution is 8.00. The monoisotopic (exact) mass is 277 g/mol. The average Bonchev–Trinajstić information content (AvgIpc) is 2.46. The lowest BCUT2D eigenvalue weighted by Gasteiger charge is -2.06. The van der Waals surface area contributed by atoms with Crippen molar-refractivity contribution in [2.45, 2.75) is 4.90 Å². The summed E-state index contributed by atoms with van der Waals surface area (Å²) in [6, 6.07) is 9.88. The Hall–Kier alpha value is -2.28. The number of nitro benzene ring substituents is 1. The molecule has 0 radical (unpaired) electrons. The lowest BCUT2D eigenvalue weighted by Crippen LogP contribution is -1.91. The molecule has 0 atom stereocenters. The second-order valence-electron chi connectivity index (χ2n) is 3.54. The Kier molecular flexibility index (Phi) is 4.19. The van der Waals surface area contributed by atoms with Crippen LogP contribution in [0, 0.1) is 10.1 Å². The van der Waals surface area contributed by atoms with Crippen molar-refractivity contribution in [3.63, 3.8) is 0 Å². The van der Waals surface area contributed by atoms with Gasteiger partial charge in [0, 0.05) is 29.3 Å². The highest BCUT2D eigenvalue weighted by Crippen LogP contribution is 2.24. The molecule has 1 N–H and O–H groups in total. The third kappa shape index (κ3) is 3.59. The number of nitro groups is 1. The second-order valence-corrected chi connectivity index (χ2v) is 4.42. The number of non-ortho nitro benzene ring substituents is 1. The molecule has 1 aromatic heterocycles. The van der Waals surface area contributed by atoms with E-state index in [1.165, 1.54) is 24.1 Å². The van der Waals surface area contributed by atoms with Gasteiger partial charge in [-0.25, -0.2) is 4.98 Å². The van der Waals surface area contributed by atoms with E-state index in [0.29, 0.717) is 5.88 Å². The average molecular weight is 277 g/mol. The van der Waals surface area contributed by atoms with Crippen LogP contribution in [0.25, 0.3) is 0 Å². The molecular formula is C12H11N3O3S. The smallest absolute Gasteiger partial charge is 0.269 e. The third-order valence-corrected chi connectivity index (χ3v) is 3.12.